The summed E-state index contributed by atoms with van der Waals surface area (Å²) in [7, 11) is 3.80. The number of aliphatic hydroxyl groups is 2. The summed E-state index contributed by atoms with van der Waals surface area (Å²) in [6.45, 7) is 14.8. The molecule has 3 heterocycles. The zero-order valence-corrected chi connectivity index (χ0v) is 32.2. The van der Waals surface area contributed by atoms with Crippen LogP contribution in [0, 0.1) is 5.41 Å². The maximum Gasteiger partial charge on any atom is 0.237 e. The molecule has 4 rings (SSSR count). The molecule has 3 fully saturated rings. The number of hydrogen-bond acceptors (Lipinski definition) is 10. The molecule has 11 heteroatoms. The summed E-state index contributed by atoms with van der Waals surface area (Å²) < 4.78 is 42.3. The molecule has 1 aromatic rings. The Morgan fingerprint density at radius 2 is 1.73 bits per heavy atom. The molecule has 3 aliphatic heterocycles. The van der Waals surface area contributed by atoms with Crippen molar-refractivity contribution in [3.63, 3.8) is 0 Å². The van der Waals surface area contributed by atoms with Crippen LogP contribution in [0.2, 0.25) is 0 Å². The van der Waals surface area contributed by atoms with Crippen molar-refractivity contribution in [1.29, 1.82) is 0 Å². The molecule has 0 spiro atoms. The average molecular weight is 733 g/mol. The van der Waals surface area contributed by atoms with Crippen molar-refractivity contribution in [2.24, 2.45) is 5.41 Å². The number of rotatable bonds is 19. The van der Waals surface area contributed by atoms with Crippen molar-refractivity contribution in [2.75, 3.05) is 20.5 Å². The lowest BCUT2D eigenvalue weighted by molar-refractivity contribution is -0.286. The summed E-state index contributed by atoms with van der Waals surface area (Å²) in [5, 5.41) is 20.4. The Labute approximate surface area is 307 Å². The molecule has 0 aliphatic carbocycles. The lowest BCUT2D eigenvalue weighted by Crippen LogP contribution is -2.59. The van der Waals surface area contributed by atoms with Crippen LogP contribution in [0.1, 0.15) is 90.5 Å². The minimum absolute atomic E-state index is 0.0190. The van der Waals surface area contributed by atoms with Crippen LogP contribution in [0.4, 0.5) is 0 Å². The number of carbonyl (C=O) groups excluding carboxylic acids is 1. The van der Waals surface area contributed by atoms with Crippen molar-refractivity contribution < 1.29 is 48.0 Å². The number of carbonyl (C=O) groups is 1. The summed E-state index contributed by atoms with van der Waals surface area (Å²) in [4.78, 5) is 13.5. The molecule has 0 aromatic heterocycles. The zero-order valence-electron chi connectivity index (χ0n) is 31.0. The highest BCUT2D eigenvalue weighted by molar-refractivity contribution is 7.09. The van der Waals surface area contributed by atoms with Crippen molar-refractivity contribution in [3.05, 3.63) is 72.4 Å². The van der Waals surface area contributed by atoms with E-state index in [0.29, 0.717) is 38.7 Å². The minimum atomic E-state index is -1.53. The van der Waals surface area contributed by atoms with Crippen LogP contribution in [-0.2, 0) is 44.3 Å². The van der Waals surface area contributed by atoms with Gasteiger partial charge in [0.05, 0.1) is 55.4 Å². The van der Waals surface area contributed by atoms with E-state index in [1.54, 1.807) is 6.92 Å². The number of aliphatic hydroxyl groups excluding tert-OH is 2. The van der Waals surface area contributed by atoms with Gasteiger partial charge in [-0.2, -0.15) is 0 Å². The van der Waals surface area contributed by atoms with E-state index in [2.05, 4.69) is 22.6 Å². The van der Waals surface area contributed by atoms with Crippen LogP contribution in [-0.4, -0.2) is 91.1 Å². The molecule has 0 saturated carbocycles. The third-order valence-corrected chi connectivity index (χ3v) is 10.7. The van der Waals surface area contributed by atoms with E-state index in [4.69, 9.17) is 32.9 Å². The van der Waals surface area contributed by atoms with Crippen LogP contribution in [0.25, 0.3) is 0 Å². The van der Waals surface area contributed by atoms with Crippen LogP contribution in [0.15, 0.2) is 66.8 Å². The summed E-state index contributed by atoms with van der Waals surface area (Å²) in [6.07, 6.45) is 7.77. The molecule has 51 heavy (non-hydrogen) atoms. The number of ketones is 1. The molecule has 0 amide bonds. The molecule has 286 valence electrons. The van der Waals surface area contributed by atoms with Gasteiger partial charge in [-0.25, -0.2) is 0 Å². The average Bonchev–Trinajstić information content (AvgIpc) is 3.09. The molecule has 3 aliphatic rings. The van der Waals surface area contributed by atoms with Gasteiger partial charge in [-0.1, -0.05) is 80.6 Å². The lowest BCUT2D eigenvalue weighted by atomic mass is 9.76. The van der Waals surface area contributed by atoms with E-state index < -0.39 is 29.5 Å². The highest BCUT2D eigenvalue weighted by atomic mass is 31.0. The largest absolute Gasteiger partial charge is 0.396 e. The Morgan fingerprint density at radius 1 is 1.04 bits per heavy atom. The first-order valence-corrected chi connectivity index (χ1v) is 18.8. The van der Waals surface area contributed by atoms with Gasteiger partial charge in [0.25, 0.3) is 0 Å². The fourth-order valence-electron chi connectivity index (χ4n) is 7.47. The highest BCUT2D eigenvalue weighted by Gasteiger charge is 2.55. The molecule has 2 N–H and O–H groups in total. The first-order chi connectivity index (χ1) is 24.4. The molecule has 0 radical (unpaired) electrons. The Kier molecular flexibility index (Phi) is 16.5. The van der Waals surface area contributed by atoms with Crippen LogP contribution in [0.5, 0.6) is 0 Å². The Morgan fingerprint density at radius 3 is 2.41 bits per heavy atom. The molecule has 10 atom stereocenters. The number of hydrogen-bond donors (Lipinski definition) is 2. The lowest BCUT2D eigenvalue weighted by Gasteiger charge is -2.47. The summed E-state index contributed by atoms with van der Waals surface area (Å²) in [5.41, 5.74) is 2.45. The fraction of sp³-hybridized carbons (Fsp3) is 0.675. The van der Waals surface area contributed by atoms with Gasteiger partial charge < -0.3 is 43.2 Å². The van der Waals surface area contributed by atoms with Crippen molar-refractivity contribution >= 4 is 15.2 Å². The number of Topliss-reactive ketones (excluding diaryl/α,β-unsaturated/α-hetero) is 1. The van der Waals surface area contributed by atoms with Gasteiger partial charge >= 0.3 is 0 Å². The van der Waals surface area contributed by atoms with Gasteiger partial charge in [0, 0.05) is 54.3 Å². The minimum Gasteiger partial charge on any atom is -0.396 e. The monoisotopic (exact) mass is 732 g/mol. The first kappa shape index (κ1) is 41.9. The molecule has 1 aromatic carbocycles. The van der Waals surface area contributed by atoms with E-state index >= 15 is 0 Å². The normalized spacial score (nSPS) is 29.7. The van der Waals surface area contributed by atoms with E-state index in [-0.39, 0.29) is 62.5 Å². The maximum atomic E-state index is 13.5. The van der Waals surface area contributed by atoms with E-state index in [1.807, 2.05) is 56.3 Å². The molecule has 0 bridgehead atoms. The van der Waals surface area contributed by atoms with Crippen LogP contribution in [0.3, 0.4) is 0 Å². The van der Waals surface area contributed by atoms with Gasteiger partial charge in [0.15, 0.2) is 5.78 Å². The number of ether oxygens (including phenoxy) is 6. The third-order valence-electron chi connectivity index (χ3n) is 10.3. The zero-order chi connectivity index (χ0) is 37.0. The second-order valence-electron chi connectivity index (χ2n) is 15.0. The molecular formula is C40H61O10P. The van der Waals surface area contributed by atoms with Gasteiger partial charge in [0.1, 0.15) is 6.79 Å². The number of benzene rings is 1. The Balaban J connectivity index is 1.32. The summed E-state index contributed by atoms with van der Waals surface area (Å²) in [6, 6.07) is 9.83. The predicted octanol–water partition coefficient (Wildman–Crippen LogP) is 6.54. The van der Waals surface area contributed by atoms with Crippen molar-refractivity contribution in [1.82, 2.24) is 0 Å². The summed E-state index contributed by atoms with van der Waals surface area (Å²) in [5.74, 6) is -1.66. The fourth-order valence-corrected chi connectivity index (χ4v) is 7.72. The maximum absolute atomic E-state index is 13.5. The van der Waals surface area contributed by atoms with E-state index in [1.165, 1.54) is 7.11 Å². The standard InChI is InChI=1S/C40H61O10P/c1-27-18-31(47-35(19-27)23-36-21-28(2)20-34(48-36)22-33(50-51)15-17-41)14-16-39(4,5)40(44-6)38(43)13-12-32(49-40)24-37(42)29(3)46-26-45-25-30-10-8-7-9-11-30/h7-11,14,16,29,31-37,41-42H,1-2,12-13,15,17-26,51H2,3-6H3/b16-14+/t29-,31+,32+,33+,34+,35+,36-,37-,40-/m1/s1. The molecular weight excluding hydrogens is 671 g/mol. The predicted molar refractivity (Wildman–Crippen MR) is 199 cm³/mol. The van der Waals surface area contributed by atoms with Gasteiger partial charge in [0.2, 0.25) is 5.79 Å². The van der Waals surface area contributed by atoms with E-state index in [9.17, 15) is 15.0 Å². The van der Waals surface area contributed by atoms with Gasteiger partial charge in [-0.15, -0.1) is 0 Å². The van der Waals surface area contributed by atoms with Crippen LogP contribution >= 0.6 is 9.47 Å². The quantitative estimate of drug-likeness (QED) is 0.0703. The Bertz CT molecular complexity index is 1290. The third kappa shape index (κ3) is 12.1. The van der Waals surface area contributed by atoms with Gasteiger partial charge in [-0.3, -0.25) is 4.79 Å². The Hall–Kier alpha value is -1.82. The topological polar surface area (TPSA) is 122 Å². The number of methoxy groups -OCH3 is 1. The smallest absolute Gasteiger partial charge is 0.237 e. The molecule has 3 saturated heterocycles. The molecule has 1 unspecified atom stereocenters. The van der Waals surface area contributed by atoms with Crippen molar-refractivity contribution in [3.8, 4) is 0 Å². The van der Waals surface area contributed by atoms with E-state index in [0.717, 1.165) is 36.0 Å². The van der Waals surface area contributed by atoms with Gasteiger partial charge in [-0.05, 0) is 51.0 Å². The highest BCUT2D eigenvalue weighted by Crippen LogP contribution is 2.44. The van der Waals surface area contributed by atoms with Crippen LogP contribution < -0.4 is 0 Å². The second kappa shape index (κ2) is 20.0. The first-order valence-electron chi connectivity index (χ1n) is 18.4. The van der Waals surface area contributed by atoms with Crippen molar-refractivity contribution in [2.45, 2.75) is 146 Å². The SMILES string of the molecule is C=C1C[C@H](C[C@@H]2CC(=C)C[C@H](/C=C/C(C)(C)[C@]3(OC)O[C@H](C[C@@H](O)[C@@H](C)OCOCc4ccccc4)CCC3=O)O2)O[C@H](C[C@H](CCO)OP)C1. The summed E-state index contributed by atoms with van der Waals surface area (Å²) >= 11 is 0. The second-order valence-corrected chi connectivity index (χ2v) is 15.2. The molecule has 10 nitrogen and oxygen atoms in total.